The van der Waals surface area contributed by atoms with Crippen LogP contribution in [0.15, 0.2) is 133 Å². The van der Waals surface area contributed by atoms with E-state index in [1.807, 2.05) is 0 Å². The predicted octanol–water partition coefficient (Wildman–Crippen LogP) is 13.8. The quantitative estimate of drug-likeness (QED) is 0.176. The molecule has 6 aromatic carbocycles. The first-order valence-electron chi connectivity index (χ1n) is 20.0. The largest absolute Gasteiger partial charge is 0.310 e. The highest BCUT2D eigenvalue weighted by atomic mass is 15.1. The fraction of sp³-hybridized carbons (Fsp3) is 0.294. The first kappa shape index (κ1) is 33.0. The van der Waals surface area contributed by atoms with Crippen molar-refractivity contribution in [3.63, 3.8) is 0 Å². The highest BCUT2D eigenvalue weighted by Gasteiger charge is 2.37. The van der Waals surface area contributed by atoms with E-state index in [0.29, 0.717) is 5.92 Å². The standard InChI is InChI=1S/C51H51N/c1-51(2)47-18-12-11-17-44(47)46-34-45(41-15-9-6-10-16-41)50(35-48(46)51)52(43-31-29-40(30-32-43)39-13-7-4-3-5-8-14-39)49-33-38-24-23-36-19-21-37(22-20-36)25-27-42(49)28-26-38/h6,9-12,15-22,26,28-35,39H,3-5,7-8,13-14,23-25,27H2,1-2H3. The zero-order chi connectivity index (χ0) is 35.1. The van der Waals surface area contributed by atoms with Gasteiger partial charge in [-0.1, -0.05) is 149 Å². The molecule has 0 unspecified atom stereocenters. The van der Waals surface area contributed by atoms with E-state index in [0.717, 1.165) is 25.7 Å². The van der Waals surface area contributed by atoms with Gasteiger partial charge in [-0.05, 0) is 130 Å². The summed E-state index contributed by atoms with van der Waals surface area (Å²) >= 11 is 0. The molecule has 12 rings (SSSR count). The molecule has 0 heterocycles. The Labute approximate surface area is 311 Å². The second-order valence-corrected chi connectivity index (χ2v) is 16.2. The van der Waals surface area contributed by atoms with Crippen LogP contribution < -0.4 is 4.90 Å². The fourth-order valence-corrected chi connectivity index (χ4v) is 9.49. The monoisotopic (exact) mass is 677 g/mol. The molecule has 0 aliphatic heterocycles. The first-order valence-corrected chi connectivity index (χ1v) is 20.0. The molecule has 1 fully saturated rings. The summed E-state index contributed by atoms with van der Waals surface area (Å²) < 4.78 is 0. The molecule has 6 aromatic rings. The van der Waals surface area contributed by atoms with Gasteiger partial charge in [-0.15, -0.1) is 0 Å². The molecule has 1 nitrogen and oxygen atoms in total. The smallest absolute Gasteiger partial charge is 0.0543 e. The van der Waals surface area contributed by atoms with Crippen molar-refractivity contribution < 1.29 is 0 Å². The molecule has 4 bridgehead atoms. The third-order valence-electron chi connectivity index (χ3n) is 12.6. The highest BCUT2D eigenvalue weighted by molar-refractivity contribution is 5.95. The number of nitrogens with zero attached hydrogens (tertiary/aromatic N) is 1. The lowest BCUT2D eigenvalue weighted by Gasteiger charge is -2.33. The van der Waals surface area contributed by atoms with Crippen molar-refractivity contribution in [2.24, 2.45) is 0 Å². The van der Waals surface area contributed by atoms with Gasteiger partial charge in [0.1, 0.15) is 0 Å². The van der Waals surface area contributed by atoms with E-state index in [1.165, 1.54) is 123 Å². The van der Waals surface area contributed by atoms with Gasteiger partial charge in [-0.25, -0.2) is 0 Å². The molecule has 260 valence electrons. The van der Waals surface area contributed by atoms with E-state index in [2.05, 4.69) is 152 Å². The summed E-state index contributed by atoms with van der Waals surface area (Å²) in [5.74, 6) is 0.664. The van der Waals surface area contributed by atoms with E-state index in [9.17, 15) is 0 Å². The summed E-state index contributed by atoms with van der Waals surface area (Å²) in [6.45, 7) is 4.82. The minimum absolute atomic E-state index is 0.100. The molecule has 6 aliphatic rings. The van der Waals surface area contributed by atoms with Gasteiger partial charge < -0.3 is 4.90 Å². The summed E-state index contributed by atoms with van der Waals surface area (Å²) in [5.41, 5.74) is 19.0. The minimum atomic E-state index is -0.100. The van der Waals surface area contributed by atoms with Crippen molar-refractivity contribution >= 4 is 17.1 Å². The van der Waals surface area contributed by atoms with Crippen LogP contribution in [-0.2, 0) is 31.1 Å². The Morgan fingerprint density at radius 3 is 1.87 bits per heavy atom. The molecule has 6 aliphatic carbocycles. The third kappa shape index (κ3) is 6.19. The maximum Gasteiger partial charge on any atom is 0.0543 e. The predicted molar refractivity (Wildman–Crippen MR) is 220 cm³/mol. The Balaban J connectivity index is 1.26. The van der Waals surface area contributed by atoms with Gasteiger partial charge in [0, 0.05) is 22.4 Å². The molecule has 52 heavy (non-hydrogen) atoms. The Hall–Kier alpha value is -4.88. The second kappa shape index (κ2) is 13.9. The molecule has 1 saturated carbocycles. The maximum atomic E-state index is 2.63. The van der Waals surface area contributed by atoms with E-state index in [4.69, 9.17) is 0 Å². The zero-order valence-corrected chi connectivity index (χ0v) is 31.0. The second-order valence-electron chi connectivity index (χ2n) is 16.2. The molecule has 0 N–H and O–H groups in total. The van der Waals surface area contributed by atoms with Crippen LogP contribution in [-0.4, -0.2) is 0 Å². The van der Waals surface area contributed by atoms with Gasteiger partial charge in [-0.3, -0.25) is 0 Å². The van der Waals surface area contributed by atoms with E-state index < -0.39 is 0 Å². The van der Waals surface area contributed by atoms with Crippen LogP contribution in [0.5, 0.6) is 0 Å². The van der Waals surface area contributed by atoms with Crippen molar-refractivity contribution in [1.29, 1.82) is 0 Å². The number of rotatable bonds is 5. The number of hydrogen-bond donors (Lipinski definition) is 0. The summed E-state index contributed by atoms with van der Waals surface area (Å²) in [7, 11) is 0. The average molecular weight is 678 g/mol. The molecule has 0 aromatic heterocycles. The maximum absolute atomic E-state index is 2.63. The average Bonchev–Trinajstić information content (AvgIpc) is 3.39. The number of hydrogen-bond acceptors (Lipinski definition) is 1. The SMILES string of the molecule is CC1(C)c2ccccc2-c2cc(-c3ccccc3)c(N(c3ccc(C4CCCCCCC4)cc3)c3cc4ccc3CCc3ccc(cc3)CC4)cc21. The van der Waals surface area contributed by atoms with Crippen LogP contribution in [0.2, 0.25) is 0 Å². The summed E-state index contributed by atoms with van der Waals surface area (Å²) in [6.07, 6.45) is 13.6. The molecule has 0 spiro atoms. The van der Waals surface area contributed by atoms with E-state index >= 15 is 0 Å². The van der Waals surface area contributed by atoms with Crippen molar-refractivity contribution in [3.05, 3.63) is 172 Å². The zero-order valence-electron chi connectivity index (χ0n) is 31.0. The molecule has 0 radical (unpaired) electrons. The molecule has 0 atom stereocenters. The topological polar surface area (TPSA) is 3.24 Å². The lowest BCUT2D eigenvalue weighted by molar-refractivity contribution is 0.455. The van der Waals surface area contributed by atoms with Crippen LogP contribution >= 0.6 is 0 Å². The van der Waals surface area contributed by atoms with Crippen molar-refractivity contribution in [2.75, 3.05) is 4.90 Å². The van der Waals surface area contributed by atoms with Crippen LogP contribution in [0.25, 0.3) is 22.3 Å². The van der Waals surface area contributed by atoms with Crippen molar-refractivity contribution in [1.82, 2.24) is 0 Å². The lowest BCUT2D eigenvalue weighted by Crippen LogP contribution is -2.18. The van der Waals surface area contributed by atoms with Gasteiger partial charge in [0.05, 0.1) is 5.69 Å². The summed E-state index contributed by atoms with van der Waals surface area (Å²) in [4.78, 5) is 2.63. The molecular weight excluding hydrogens is 627 g/mol. The molecule has 1 heteroatoms. The van der Waals surface area contributed by atoms with Crippen LogP contribution in [0.4, 0.5) is 17.1 Å². The van der Waals surface area contributed by atoms with Gasteiger partial charge in [0.15, 0.2) is 0 Å². The number of aryl methyl sites for hydroxylation is 4. The van der Waals surface area contributed by atoms with E-state index in [-0.39, 0.29) is 5.41 Å². The molecule has 0 saturated heterocycles. The fourth-order valence-electron chi connectivity index (χ4n) is 9.49. The van der Waals surface area contributed by atoms with Gasteiger partial charge >= 0.3 is 0 Å². The Morgan fingerprint density at radius 2 is 1.12 bits per heavy atom. The lowest BCUT2D eigenvalue weighted by atomic mass is 9.81. The van der Waals surface area contributed by atoms with Gasteiger partial charge in [0.2, 0.25) is 0 Å². The summed E-state index contributed by atoms with van der Waals surface area (Å²) in [6, 6.07) is 51.7. The Morgan fingerprint density at radius 1 is 0.481 bits per heavy atom. The number of benzene rings is 6. The Bertz CT molecular complexity index is 2180. The van der Waals surface area contributed by atoms with Crippen LogP contribution in [0.3, 0.4) is 0 Å². The van der Waals surface area contributed by atoms with Crippen LogP contribution in [0, 0.1) is 0 Å². The Kier molecular flexibility index (Phi) is 8.83. The number of anilines is 3. The molecular formula is C51H51N. The van der Waals surface area contributed by atoms with Gasteiger partial charge in [0.25, 0.3) is 0 Å². The number of fused-ring (bicyclic) bond motifs is 3. The first-order chi connectivity index (χ1) is 25.5. The van der Waals surface area contributed by atoms with E-state index in [1.54, 1.807) is 0 Å². The van der Waals surface area contributed by atoms with Crippen molar-refractivity contribution in [3.8, 4) is 22.3 Å². The molecule has 0 amide bonds. The van der Waals surface area contributed by atoms with Crippen molar-refractivity contribution in [2.45, 2.75) is 95.8 Å². The van der Waals surface area contributed by atoms with Crippen LogP contribution in [0.1, 0.15) is 104 Å². The summed E-state index contributed by atoms with van der Waals surface area (Å²) in [5, 5.41) is 0. The highest BCUT2D eigenvalue weighted by Crippen LogP contribution is 2.54. The minimum Gasteiger partial charge on any atom is -0.310 e. The normalized spacial score (nSPS) is 16.7. The third-order valence-corrected chi connectivity index (χ3v) is 12.6. The van der Waals surface area contributed by atoms with Gasteiger partial charge in [-0.2, -0.15) is 0 Å².